The largest absolute Gasteiger partial charge is 0.326 e. The number of carbonyl (C=O) groups excluding carboxylic acids is 1. The minimum Gasteiger partial charge on any atom is -0.326 e. The number of hydrogen-bond donors (Lipinski definition) is 1. The molecule has 1 fully saturated rings. The van der Waals surface area contributed by atoms with E-state index in [4.69, 9.17) is 0 Å². The van der Waals surface area contributed by atoms with Crippen molar-refractivity contribution in [2.24, 2.45) is 0 Å². The molecule has 4 nitrogen and oxygen atoms in total. The maximum Gasteiger partial charge on any atom is 0.224 e. The molecule has 1 heterocycles. The molecule has 1 aromatic carbocycles. The van der Waals surface area contributed by atoms with Gasteiger partial charge in [-0.05, 0) is 31.2 Å². The van der Waals surface area contributed by atoms with Crippen LogP contribution in [0.15, 0.2) is 24.3 Å². The van der Waals surface area contributed by atoms with Gasteiger partial charge in [0.15, 0.2) is 0 Å². The third kappa shape index (κ3) is 5.48. The van der Waals surface area contributed by atoms with Crippen LogP contribution in [0, 0.1) is 0 Å². The van der Waals surface area contributed by atoms with Gasteiger partial charge in [-0.1, -0.05) is 25.5 Å². The Bertz CT molecular complexity index is 436. The van der Waals surface area contributed by atoms with E-state index in [1.807, 2.05) is 12.1 Å². The number of nitrogens with one attached hydrogen (secondary N) is 1. The topological polar surface area (TPSA) is 35.6 Å². The van der Waals surface area contributed by atoms with Crippen LogP contribution in [0.2, 0.25) is 0 Å². The molecule has 1 N–H and O–H groups in total. The Morgan fingerprint density at radius 2 is 1.81 bits per heavy atom. The number of amides is 1. The van der Waals surface area contributed by atoms with E-state index in [0.29, 0.717) is 6.42 Å². The molecule has 0 aromatic heterocycles. The lowest BCUT2D eigenvalue weighted by Crippen LogP contribution is -2.43. The van der Waals surface area contributed by atoms with Crippen molar-refractivity contribution in [1.29, 1.82) is 0 Å². The summed E-state index contributed by atoms with van der Waals surface area (Å²) < 4.78 is 0. The third-order valence-corrected chi connectivity index (χ3v) is 4.00. The summed E-state index contributed by atoms with van der Waals surface area (Å²) in [5.41, 5.74) is 2.21. The van der Waals surface area contributed by atoms with Gasteiger partial charge in [0.1, 0.15) is 0 Å². The molecule has 0 radical (unpaired) electrons. The van der Waals surface area contributed by atoms with Gasteiger partial charge in [-0.3, -0.25) is 9.69 Å². The molecular weight excluding hydrogens is 262 g/mol. The normalized spacial score (nSPS) is 16.9. The van der Waals surface area contributed by atoms with Gasteiger partial charge in [0.25, 0.3) is 0 Å². The van der Waals surface area contributed by atoms with E-state index in [2.05, 4.69) is 41.2 Å². The van der Waals surface area contributed by atoms with Crippen LogP contribution in [0.4, 0.5) is 5.69 Å². The molecule has 21 heavy (non-hydrogen) atoms. The molecule has 1 aliphatic rings. The molecule has 1 aliphatic heterocycles. The SMILES string of the molecule is CCCCC(=O)Nc1ccc(CN2CCN(C)CC2)cc1. The van der Waals surface area contributed by atoms with Crippen molar-refractivity contribution in [2.45, 2.75) is 32.7 Å². The van der Waals surface area contributed by atoms with Gasteiger partial charge in [0.2, 0.25) is 5.91 Å². The number of unbranched alkanes of at least 4 members (excludes halogenated alkanes) is 1. The van der Waals surface area contributed by atoms with Crippen LogP contribution in [0.25, 0.3) is 0 Å². The van der Waals surface area contributed by atoms with Crippen molar-refractivity contribution in [2.75, 3.05) is 38.5 Å². The summed E-state index contributed by atoms with van der Waals surface area (Å²) in [4.78, 5) is 16.5. The van der Waals surface area contributed by atoms with Crippen LogP contribution in [-0.4, -0.2) is 48.9 Å². The molecule has 2 rings (SSSR count). The van der Waals surface area contributed by atoms with Gasteiger partial charge in [0, 0.05) is 44.8 Å². The fourth-order valence-electron chi connectivity index (χ4n) is 2.52. The highest BCUT2D eigenvalue weighted by atomic mass is 16.1. The Hall–Kier alpha value is -1.39. The van der Waals surface area contributed by atoms with E-state index >= 15 is 0 Å². The lowest BCUT2D eigenvalue weighted by atomic mass is 10.1. The molecule has 0 bridgehead atoms. The van der Waals surface area contributed by atoms with Crippen LogP contribution in [0.3, 0.4) is 0 Å². The highest BCUT2D eigenvalue weighted by Crippen LogP contribution is 2.13. The van der Waals surface area contributed by atoms with Crippen LogP contribution < -0.4 is 5.32 Å². The zero-order valence-electron chi connectivity index (χ0n) is 13.3. The monoisotopic (exact) mass is 289 g/mol. The third-order valence-electron chi connectivity index (χ3n) is 4.00. The van der Waals surface area contributed by atoms with Gasteiger partial charge >= 0.3 is 0 Å². The summed E-state index contributed by atoms with van der Waals surface area (Å²) in [6, 6.07) is 8.26. The second-order valence-corrected chi connectivity index (χ2v) is 5.93. The van der Waals surface area contributed by atoms with E-state index in [0.717, 1.165) is 51.3 Å². The van der Waals surface area contributed by atoms with Crippen molar-refractivity contribution in [3.05, 3.63) is 29.8 Å². The first-order valence-electron chi connectivity index (χ1n) is 7.97. The average molecular weight is 289 g/mol. The lowest BCUT2D eigenvalue weighted by molar-refractivity contribution is -0.116. The van der Waals surface area contributed by atoms with Crippen molar-refractivity contribution in [3.8, 4) is 0 Å². The molecule has 0 aliphatic carbocycles. The minimum atomic E-state index is 0.115. The quantitative estimate of drug-likeness (QED) is 0.874. The maximum absolute atomic E-state index is 11.7. The van der Waals surface area contributed by atoms with Gasteiger partial charge in [-0.25, -0.2) is 0 Å². The molecule has 1 aromatic rings. The van der Waals surface area contributed by atoms with Gasteiger partial charge < -0.3 is 10.2 Å². The van der Waals surface area contributed by atoms with E-state index in [9.17, 15) is 4.79 Å². The van der Waals surface area contributed by atoms with E-state index in [1.54, 1.807) is 0 Å². The molecule has 0 saturated carbocycles. The smallest absolute Gasteiger partial charge is 0.224 e. The minimum absolute atomic E-state index is 0.115. The molecule has 0 atom stereocenters. The van der Waals surface area contributed by atoms with E-state index in [-0.39, 0.29) is 5.91 Å². The highest BCUT2D eigenvalue weighted by molar-refractivity contribution is 5.90. The molecular formula is C17H27N3O. The summed E-state index contributed by atoms with van der Waals surface area (Å²) in [7, 11) is 2.17. The summed E-state index contributed by atoms with van der Waals surface area (Å²) in [5.74, 6) is 0.115. The van der Waals surface area contributed by atoms with Gasteiger partial charge in [-0.2, -0.15) is 0 Å². The number of piperazine rings is 1. The van der Waals surface area contributed by atoms with Crippen molar-refractivity contribution < 1.29 is 4.79 Å². The standard InChI is InChI=1S/C17H27N3O/c1-3-4-5-17(21)18-16-8-6-15(7-9-16)14-20-12-10-19(2)11-13-20/h6-9H,3-5,10-14H2,1-2H3,(H,18,21). The number of benzene rings is 1. The lowest BCUT2D eigenvalue weighted by Gasteiger charge is -2.32. The Balaban J connectivity index is 1.80. The van der Waals surface area contributed by atoms with E-state index in [1.165, 1.54) is 5.56 Å². The molecule has 4 heteroatoms. The predicted molar refractivity (Wildman–Crippen MR) is 87.4 cm³/mol. The van der Waals surface area contributed by atoms with Crippen LogP contribution >= 0.6 is 0 Å². The molecule has 0 unspecified atom stereocenters. The van der Waals surface area contributed by atoms with Crippen LogP contribution in [-0.2, 0) is 11.3 Å². The molecule has 0 spiro atoms. The van der Waals surface area contributed by atoms with Crippen molar-refractivity contribution in [3.63, 3.8) is 0 Å². The van der Waals surface area contributed by atoms with Crippen LogP contribution in [0.5, 0.6) is 0 Å². The Morgan fingerprint density at radius 1 is 1.14 bits per heavy atom. The Kier molecular flexibility index (Phi) is 6.21. The summed E-state index contributed by atoms with van der Waals surface area (Å²) in [5, 5.41) is 2.95. The second-order valence-electron chi connectivity index (χ2n) is 5.93. The highest BCUT2D eigenvalue weighted by Gasteiger charge is 2.13. The number of hydrogen-bond acceptors (Lipinski definition) is 3. The van der Waals surface area contributed by atoms with E-state index < -0.39 is 0 Å². The van der Waals surface area contributed by atoms with Gasteiger partial charge in [-0.15, -0.1) is 0 Å². The fraction of sp³-hybridized carbons (Fsp3) is 0.588. The first kappa shape index (κ1) is 16.0. The fourth-order valence-corrected chi connectivity index (χ4v) is 2.52. The van der Waals surface area contributed by atoms with Crippen molar-refractivity contribution in [1.82, 2.24) is 9.80 Å². The number of rotatable bonds is 6. The zero-order valence-corrected chi connectivity index (χ0v) is 13.3. The first-order chi connectivity index (χ1) is 10.2. The van der Waals surface area contributed by atoms with Crippen LogP contribution in [0.1, 0.15) is 31.7 Å². The number of carbonyl (C=O) groups is 1. The Labute approximate surface area is 128 Å². The molecule has 1 saturated heterocycles. The zero-order chi connectivity index (χ0) is 15.1. The summed E-state index contributed by atoms with van der Waals surface area (Å²) in [6.45, 7) is 7.65. The summed E-state index contributed by atoms with van der Waals surface area (Å²) in [6.07, 6.45) is 2.62. The molecule has 1 amide bonds. The predicted octanol–water partition coefficient (Wildman–Crippen LogP) is 2.56. The summed E-state index contributed by atoms with van der Waals surface area (Å²) >= 11 is 0. The number of anilines is 1. The first-order valence-corrected chi connectivity index (χ1v) is 7.97. The molecule has 116 valence electrons. The maximum atomic E-state index is 11.7. The number of likely N-dealkylation sites (N-methyl/N-ethyl adjacent to an activating group) is 1. The number of nitrogens with zero attached hydrogens (tertiary/aromatic N) is 2. The van der Waals surface area contributed by atoms with Crippen molar-refractivity contribution >= 4 is 11.6 Å². The Morgan fingerprint density at radius 3 is 2.43 bits per heavy atom. The second kappa shape index (κ2) is 8.15. The average Bonchev–Trinajstić information content (AvgIpc) is 2.49. The van der Waals surface area contributed by atoms with Gasteiger partial charge in [0.05, 0.1) is 0 Å².